The van der Waals surface area contributed by atoms with Gasteiger partial charge in [-0.3, -0.25) is 48.6 Å². The molecule has 7 rings (SSSR count). The number of nitro groups is 1. The van der Waals surface area contributed by atoms with Crippen molar-refractivity contribution in [3.05, 3.63) is 81.5 Å². The second kappa shape index (κ2) is 20.3. The van der Waals surface area contributed by atoms with E-state index < -0.39 is 58.6 Å². The van der Waals surface area contributed by atoms with Gasteiger partial charge in [-0.15, -0.1) is 0 Å². The number of carbonyl (C=O) groups is 7. The number of nitrogens with zero attached hydrogens (tertiary/aromatic N) is 4. The molecule has 0 bridgehead atoms. The molecule has 4 aliphatic rings. The molecule has 0 unspecified atom stereocenters. The number of benzene rings is 2. The van der Waals surface area contributed by atoms with Gasteiger partial charge in [0.05, 0.1) is 10.8 Å². The molecule has 6 atom stereocenters. The summed E-state index contributed by atoms with van der Waals surface area (Å²) < 4.78 is 0. The minimum Gasteiger partial charge on any atom is -0.368 e. The molecule has 0 spiro atoms. The number of nitro benzene ring substituents is 1. The number of nitrogens with two attached hydrogens (primary N) is 1. The van der Waals surface area contributed by atoms with E-state index in [1.54, 1.807) is 4.90 Å². The Morgan fingerprint density at radius 3 is 2.32 bits per heavy atom. The molecular weight excluding hydrogens is 849 g/mol. The summed E-state index contributed by atoms with van der Waals surface area (Å²) in [5, 5.41) is 24.0. The van der Waals surface area contributed by atoms with Gasteiger partial charge < -0.3 is 41.8 Å². The number of fused-ring (bicyclic) bond motifs is 2. The summed E-state index contributed by atoms with van der Waals surface area (Å²) in [4.78, 5) is 113. The standard InChI is InChI=1S/C47H60N10O9/c1-26(2)42(53-44(61)30-22-34-33-7-5-8-35-41(33)29(24-49-35)23-39(34)54(4)25-30)46(63)52-37(21-28-10-12-32(13-11-28)57(65)66)47(64)56-18-6-9-38(56)45(62)51-31-16-19-55(20-17-31)40(59)15-14-36(43(48)60)50-27(3)58/h5,7-8,10-13,22,24,26,30-31,36-39,42,49H,6,9,14-21,23,25H2,1-4H3,(H2,48,60)(H,50,58)(H,51,62)(H,52,63)(H,53,61)/t30-,36+,37+,38+,39-,42+/m1/s1. The molecule has 7 amide bonds. The van der Waals surface area contributed by atoms with Crippen LogP contribution in [-0.4, -0.2) is 135 Å². The van der Waals surface area contributed by atoms with Crippen LogP contribution in [0.3, 0.4) is 0 Å². The van der Waals surface area contributed by atoms with Crippen LogP contribution in [0.5, 0.6) is 0 Å². The van der Waals surface area contributed by atoms with Gasteiger partial charge in [-0.25, -0.2) is 0 Å². The molecule has 2 aromatic carbocycles. The van der Waals surface area contributed by atoms with Crippen LogP contribution >= 0.6 is 0 Å². The number of piperidine rings is 1. The third-order valence-corrected chi connectivity index (χ3v) is 13.5. The molecule has 1 aliphatic carbocycles. The van der Waals surface area contributed by atoms with Crippen LogP contribution in [0.1, 0.15) is 76.0 Å². The van der Waals surface area contributed by atoms with E-state index in [0.29, 0.717) is 50.9 Å². The highest BCUT2D eigenvalue weighted by Crippen LogP contribution is 2.41. The SMILES string of the molecule is CC(=O)N[C@@H](CCC(=O)N1CCC(NC(=O)[C@@H]2CCCN2C(=O)[C@H](Cc2ccc([N+](=O)[O-])cc2)NC(=O)[C@@H](NC(=O)[C@@H]2C=C3c4cccc5[nH]cc(c45)C[C@H]3N(C)C2)C(C)C)CC1)C(N)=O. The lowest BCUT2D eigenvalue weighted by molar-refractivity contribution is -0.384. The lowest BCUT2D eigenvalue weighted by atomic mass is 9.79. The lowest BCUT2D eigenvalue weighted by Gasteiger charge is -2.39. The highest BCUT2D eigenvalue weighted by Gasteiger charge is 2.41. The van der Waals surface area contributed by atoms with Crippen molar-refractivity contribution in [3.63, 3.8) is 0 Å². The Morgan fingerprint density at radius 2 is 1.65 bits per heavy atom. The molecule has 3 aromatic rings. The number of hydrogen-bond acceptors (Lipinski definition) is 10. The Bertz CT molecular complexity index is 2410. The Hall–Kier alpha value is -6.63. The third-order valence-electron chi connectivity index (χ3n) is 13.5. The lowest BCUT2D eigenvalue weighted by Crippen LogP contribution is -2.59. The van der Waals surface area contributed by atoms with Crippen molar-refractivity contribution in [2.45, 2.75) is 108 Å². The van der Waals surface area contributed by atoms with Crippen LogP contribution in [0.2, 0.25) is 0 Å². The van der Waals surface area contributed by atoms with Gasteiger partial charge in [0.2, 0.25) is 41.4 Å². The molecule has 2 fully saturated rings. The van der Waals surface area contributed by atoms with Gasteiger partial charge in [-0.2, -0.15) is 0 Å². The minimum atomic E-state index is -1.18. The summed E-state index contributed by atoms with van der Waals surface area (Å²) in [6.45, 7) is 6.30. The summed E-state index contributed by atoms with van der Waals surface area (Å²) in [5.74, 6) is -4.03. The van der Waals surface area contributed by atoms with E-state index in [0.717, 1.165) is 28.5 Å². The van der Waals surface area contributed by atoms with E-state index in [2.05, 4.69) is 37.2 Å². The molecular formula is C47H60N10O9. The summed E-state index contributed by atoms with van der Waals surface area (Å²) >= 11 is 0. The zero-order chi connectivity index (χ0) is 47.4. The quantitative estimate of drug-likeness (QED) is 0.0895. The zero-order valence-corrected chi connectivity index (χ0v) is 37.8. The first-order chi connectivity index (χ1) is 31.5. The van der Waals surface area contributed by atoms with E-state index in [-0.39, 0.29) is 67.2 Å². The number of likely N-dealkylation sites (N-methyl/N-ethyl adjacent to an activating group) is 1. The molecule has 3 aliphatic heterocycles. The normalized spacial score (nSPS) is 21.0. The maximum Gasteiger partial charge on any atom is 0.269 e. The van der Waals surface area contributed by atoms with Crippen molar-refractivity contribution in [1.82, 2.24) is 41.0 Å². The Labute approximate surface area is 382 Å². The average Bonchev–Trinajstić information content (AvgIpc) is 3.95. The molecule has 4 heterocycles. The van der Waals surface area contributed by atoms with Crippen molar-refractivity contribution in [2.24, 2.45) is 17.6 Å². The summed E-state index contributed by atoms with van der Waals surface area (Å²) in [6.07, 6.45) is 6.77. The van der Waals surface area contributed by atoms with Gasteiger partial charge in [-0.1, -0.05) is 44.2 Å². The molecule has 2 saturated heterocycles. The number of amides is 7. The van der Waals surface area contributed by atoms with Crippen molar-refractivity contribution < 1.29 is 38.5 Å². The molecule has 352 valence electrons. The van der Waals surface area contributed by atoms with Crippen molar-refractivity contribution >= 4 is 63.5 Å². The first kappa shape index (κ1) is 47.3. The predicted octanol–water partition coefficient (Wildman–Crippen LogP) is 1.68. The zero-order valence-electron chi connectivity index (χ0n) is 37.8. The van der Waals surface area contributed by atoms with E-state index in [1.807, 2.05) is 45.3 Å². The number of rotatable bonds is 16. The van der Waals surface area contributed by atoms with Gasteiger partial charge >= 0.3 is 0 Å². The Morgan fingerprint density at radius 1 is 0.924 bits per heavy atom. The Kier molecular flexibility index (Phi) is 14.5. The van der Waals surface area contributed by atoms with E-state index >= 15 is 0 Å². The molecule has 19 nitrogen and oxygen atoms in total. The monoisotopic (exact) mass is 908 g/mol. The minimum absolute atomic E-state index is 0.00967. The third kappa shape index (κ3) is 10.6. The number of carbonyl (C=O) groups excluding carboxylic acids is 7. The predicted molar refractivity (Wildman–Crippen MR) is 244 cm³/mol. The van der Waals surface area contributed by atoms with E-state index in [4.69, 9.17) is 5.73 Å². The molecule has 19 heteroatoms. The number of aromatic nitrogens is 1. The maximum atomic E-state index is 14.6. The van der Waals surface area contributed by atoms with Gasteiger partial charge in [0, 0.05) is 87.3 Å². The summed E-state index contributed by atoms with van der Waals surface area (Å²) in [5.41, 5.74) is 10.2. The second-order valence-corrected chi connectivity index (χ2v) is 18.4. The van der Waals surface area contributed by atoms with Crippen LogP contribution in [0, 0.1) is 22.0 Å². The Balaban J connectivity index is 1.02. The van der Waals surface area contributed by atoms with Crippen LogP contribution in [0.4, 0.5) is 5.69 Å². The van der Waals surface area contributed by atoms with Gasteiger partial charge in [-0.05, 0) is 79.8 Å². The summed E-state index contributed by atoms with van der Waals surface area (Å²) in [7, 11) is 2.00. The molecule has 1 aromatic heterocycles. The van der Waals surface area contributed by atoms with E-state index in [9.17, 15) is 43.7 Å². The fourth-order valence-electron chi connectivity index (χ4n) is 9.89. The fraction of sp³-hybridized carbons (Fsp3) is 0.511. The fourth-order valence-corrected chi connectivity index (χ4v) is 9.89. The van der Waals surface area contributed by atoms with Gasteiger partial charge in [0.1, 0.15) is 24.2 Å². The van der Waals surface area contributed by atoms with Crippen LogP contribution in [0.15, 0.2) is 54.7 Å². The largest absolute Gasteiger partial charge is 0.368 e. The number of non-ortho nitro benzene ring substituents is 1. The van der Waals surface area contributed by atoms with Gasteiger partial charge in [0.15, 0.2) is 0 Å². The second-order valence-electron chi connectivity index (χ2n) is 18.4. The van der Waals surface area contributed by atoms with Crippen LogP contribution < -0.4 is 27.0 Å². The highest BCUT2D eigenvalue weighted by molar-refractivity contribution is 6.00. The summed E-state index contributed by atoms with van der Waals surface area (Å²) in [6, 6.07) is 7.66. The van der Waals surface area contributed by atoms with Crippen LogP contribution in [0.25, 0.3) is 16.5 Å². The first-order valence-electron chi connectivity index (χ1n) is 22.8. The van der Waals surface area contributed by atoms with E-state index in [1.165, 1.54) is 41.7 Å². The van der Waals surface area contributed by atoms with Crippen molar-refractivity contribution in [1.29, 1.82) is 0 Å². The van der Waals surface area contributed by atoms with Crippen molar-refractivity contribution in [2.75, 3.05) is 33.2 Å². The number of nitrogens with one attached hydrogen (secondary N) is 5. The van der Waals surface area contributed by atoms with Crippen molar-refractivity contribution in [3.8, 4) is 0 Å². The number of aromatic amines is 1. The highest BCUT2D eigenvalue weighted by atomic mass is 16.6. The number of H-pyrrole nitrogens is 1. The maximum absolute atomic E-state index is 14.6. The molecule has 7 N–H and O–H groups in total. The molecule has 0 saturated carbocycles. The number of hydrogen-bond donors (Lipinski definition) is 6. The number of primary amides is 1. The number of likely N-dealkylation sites (tertiary alicyclic amines) is 2. The topological polar surface area (TPSA) is 262 Å². The smallest absolute Gasteiger partial charge is 0.269 e. The average molecular weight is 909 g/mol. The molecule has 0 radical (unpaired) electrons. The molecule has 66 heavy (non-hydrogen) atoms. The van der Waals surface area contributed by atoms with Gasteiger partial charge in [0.25, 0.3) is 5.69 Å². The van der Waals surface area contributed by atoms with Crippen LogP contribution in [-0.2, 0) is 46.4 Å². The first-order valence-corrected chi connectivity index (χ1v) is 22.8.